The summed E-state index contributed by atoms with van der Waals surface area (Å²) in [5.74, 6) is 2.65. The van der Waals surface area contributed by atoms with Crippen molar-refractivity contribution in [2.75, 3.05) is 23.7 Å². The number of nitrogens with zero attached hydrogens (tertiary/aromatic N) is 4. The van der Waals surface area contributed by atoms with Gasteiger partial charge in [0.1, 0.15) is 23.5 Å². The first kappa shape index (κ1) is 37.2. The fraction of sp³-hybridized carbons (Fsp3) is 0.553. The van der Waals surface area contributed by atoms with Gasteiger partial charge >= 0.3 is 6.09 Å². The molecule has 2 fully saturated rings. The van der Waals surface area contributed by atoms with Crippen molar-refractivity contribution in [1.82, 2.24) is 14.9 Å². The van der Waals surface area contributed by atoms with Crippen LogP contribution in [0.3, 0.4) is 0 Å². The molecule has 2 bridgehead atoms. The van der Waals surface area contributed by atoms with Gasteiger partial charge in [-0.05, 0) is 82.9 Å². The fourth-order valence-electron chi connectivity index (χ4n) is 6.52. The van der Waals surface area contributed by atoms with Gasteiger partial charge in [0.2, 0.25) is 0 Å². The Labute approximate surface area is 313 Å². The minimum Gasteiger partial charge on any atom is -0.485 e. The highest BCUT2D eigenvalue weighted by Crippen LogP contribution is 2.44. The quantitative estimate of drug-likeness (QED) is 0.0415. The number of likely N-dealkylation sites (tertiary alicyclic amines) is 1. The lowest BCUT2D eigenvalue weighted by molar-refractivity contribution is 0.0372. The van der Waals surface area contributed by atoms with E-state index < -0.39 is 5.60 Å². The van der Waals surface area contributed by atoms with Gasteiger partial charge in [0.15, 0.2) is 10.9 Å². The minimum absolute atomic E-state index is 0.0687. The Morgan fingerprint density at radius 1 is 1.04 bits per heavy atom. The van der Waals surface area contributed by atoms with Gasteiger partial charge in [-0.15, -0.1) is 0 Å². The average Bonchev–Trinajstić information content (AvgIpc) is 3.69. The standard InChI is InChI=1S/C38H50BrIN4O3S/c1-5-7-8-9-10-11-12-13-14-18-21-48-36-41-33-30(23-31(40)32(39)34(33)46-26-27-19-16-15-17-20-27)35(42-36)43-24-29-22-28(43)25-44(29)37(45)47-38(3,4)6-2/h6,15-17,19-20,23,28-29H,2,5,7-14,18,21-22,24-26H2,1,3-4H3/t28-,29-/m0/s1. The van der Waals surface area contributed by atoms with E-state index in [4.69, 9.17) is 19.4 Å². The van der Waals surface area contributed by atoms with Gasteiger partial charge in [0.05, 0.1) is 16.6 Å². The molecule has 0 aliphatic carbocycles. The van der Waals surface area contributed by atoms with Crippen molar-refractivity contribution in [3.05, 3.63) is 62.7 Å². The van der Waals surface area contributed by atoms with Crippen LogP contribution >= 0.6 is 50.3 Å². The molecule has 48 heavy (non-hydrogen) atoms. The van der Waals surface area contributed by atoms with E-state index in [0.29, 0.717) is 19.7 Å². The number of hydrogen-bond acceptors (Lipinski definition) is 7. The molecule has 7 nitrogen and oxygen atoms in total. The van der Waals surface area contributed by atoms with E-state index in [0.717, 1.165) is 59.8 Å². The number of ether oxygens (including phenoxy) is 2. The second-order valence-corrected chi connectivity index (χ2v) is 16.6. The van der Waals surface area contributed by atoms with Crippen LogP contribution in [0.1, 0.15) is 97.0 Å². The molecule has 0 spiro atoms. The van der Waals surface area contributed by atoms with Gasteiger partial charge in [-0.2, -0.15) is 0 Å². The van der Waals surface area contributed by atoms with E-state index in [9.17, 15) is 4.79 Å². The summed E-state index contributed by atoms with van der Waals surface area (Å²) in [5.41, 5.74) is 1.22. The lowest BCUT2D eigenvalue weighted by Gasteiger charge is -2.36. The normalized spacial score (nSPS) is 17.4. The van der Waals surface area contributed by atoms with Gasteiger partial charge in [0.25, 0.3) is 0 Å². The number of thioether (sulfide) groups is 1. The molecule has 1 aromatic heterocycles. The Morgan fingerprint density at radius 2 is 1.73 bits per heavy atom. The van der Waals surface area contributed by atoms with Crippen molar-refractivity contribution in [2.45, 2.75) is 121 Å². The maximum Gasteiger partial charge on any atom is 0.411 e. The number of carbonyl (C=O) groups is 1. The number of aromatic nitrogens is 2. The molecule has 2 atom stereocenters. The third-order valence-corrected chi connectivity index (χ3v) is 12.7. The number of anilines is 1. The number of fused-ring (bicyclic) bond motifs is 3. The van der Waals surface area contributed by atoms with Crippen LogP contribution in [0.25, 0.3) is 10.9 Å². The third-order valence-electron chi connectivity index (χ3n) is 9.34. The summed E-state index contributed by atoms with van der Waals surface area (Å²) in [4.78, 5) is 27.7. The molecule has 0 unspecified atom stereocenters. The van der Waals surface area contributed by atoms with Crippen LogP contribution in [0.2, 0.25) is 0 Å². The maximum atomic E-state index is 13.1. The first-order chi connectivity index (χ1) is 23.2. The Bertz CT molecular complexity index is 1540. The van der Waals surface area contributed by atoms with Crippen LogP contribution in [-0.4, -0.2) is 57.5 Å². The van der Waals surface area contributed by atoms with Crippen LogP contribution in [0.4, 0.5) is 10.6 Å². The molecule has 0 saturated carbocycles. The molecule has 0 radical (unpaired) electrons. The van der Waals surface area contributed by atoms with Crippen molar-refractivity contribution in [3.63, 3.8) is 0 Å². The molecule has 5 rings (SSSR count). The second kappa shape index (κ2) is 17.7. The number of rotatable bonds is 18. The van der Waals surface area contributed by atoms with Crippen molar-refractivity contribution in [2.24, 2.45) is 0 Å². The van der Waals surface area contributed by atoms with E-state index in [1.807, 2.05) is 36.9 Å². The summed E-state index contributed by atoms with van der Waals surface area (Å²) < 4.78 is 14.2. The van der Waals surface area contributed by atoms with Gasteiger partial charge in [-0.1, -0.05) is 113 Å². The second-order valence-electron chi connectivity index (χ2n) is 13.6. The van der Waals surface area contributed by atoms with E-state index in [1.54, 1.807) is 17.8 Å². The zero-order chi connectivity index (χ0) is 34.1. The Hall–Kier alpha value is -2.05. The number of unbranched alkanes of at least 4 members (excludes halogenated alkanes) is 9. The highest BCUT2D eigenvalue weighted by atomic mass is 127. The maximum absolute atomic E-state index is 13.1. The zero-order valence-corrected chi connectivity index (χ0v) is 33.2. The first-order valence-electron chi connectivity index (χ1n) is 17.6. The zero-order valence-electron chi connectivity index (χ0n) is 28.7. The molecule has 0 N–H and O–H groups in total. The average molecular weight is 850 g/mol. The third kappa shape index (κ3) is 9.59. The van der Waals surface area contributed by atoms with Crippen molar-refractivity contribution in [3.8, 4) is 5.75 Å². The Balaban J connectivity index is 1.33. The molecule has 1 amide bonds. The number of benzene rings is 2. The summed E-state index contributed by atoms with van der Waals surface area (Å²) in [7, 11) is 0. The van der Waals surface area contributed by atoms with Crippen LogP contribution in [0, 0.1) is 3.57 Å². The number of hydrogen-bond donors (Lipinski definition) is 0. The molecule has 10 heteroatoms. The van der Waals surface area contributed by atoms with E-state index in [1.165, 1.54) is 57.8 Å². The number of carbonyl (C=O) groups excluding carboxylic acids is 1. The van der Waals surface area contributed by atoms with Crippen LogP contribution in [0.5, 0.6) is 5.75 Å². The summed E-state index contributed by atoms with van der Waals surface area (Å²) >= 11 is 7.92. The smallest absolute Gasteiger partial charge is 0.411 e. The summed E-state index contributed by atoms with van der Waals surface area (Å²) in [6.45, 7) is 11.6. The number of halogens is 2. The minimum atomic E-state index is -0.706. The molecule has 3 aromatic rings. The first-order valence-corrected chi connectivity index (χ1v) is 20.5. The molecule has 260 valence electrons. The summed E-state index contributed by atoms with van der Waals surface area (Å²) in [6.07, 6.45) is 15.5. The predicted octanol–water partition coefficient (Wildman–Crippen LogP) is 11.0. The fourth-order valence-corrected chi connectivity index (χ4v) is 8.33. The molecule has 2 aromatic carbocycles. The topological polar surface area (TPSA) is 67.8 Å². The predicted molar refractivity (Wildman–Crippen MR) is 210 cm³/mol. The highest BCUT2D eigenvalue weighted by molar-refractivity contribution is 14.1. The lowest BCUT2D eigenvalue weighted by Crippen LogP contribution is -2.50. The Kier molecular flexibility index (Phi) is 13.8. The van der Waals surface area contributed by atoms with Gasteiger partial charge < -0.3 is 19.3 Å². The number of piperazine rings is 1. The van der Waals surface area contributed by atoms with Gasteiger partial charge in [-0.3, -0.25) is 0 Å². The van der Waals surface area contributed by atoms with Crippen molar-refractivity contribution < 1.29 is 14.3 Å². The van der Waals surface area contributed by atoms with Crippen LogP contribution in [-0.2, 0) is 11.3 Å². The molecular weight excluding hydrogens is 799 g/mol. The lowest BCUT2D eigenvalue weighted by atomic mass is 10.1. The molecule has 3 heterocycles. The number of amides is 1. The van der Waals surface area contributed by atoms with E-state index in [-0.39, 0.29) is 18.2 Å². The molecule has 2 saturated heterocycles. The van der Waals surface area contributed by atoms with Gasteiger partial charge in [0, 0.05) is 27.8 Å². The largest absolute Gasteiger partial charge is 0.485 e. The molecular formula is C38H50BrIN4O3S. The SMILES string of the molecule is C=CC(C)(C)OC(=O)N1C[C@@H]2C[C@H]1CN2c1nc(SCCCCCCCCCCCC)nc2c(OCc3ccccc3)c(Br)c(I)cc12. The monoisotopic (exact) mass is 848 g/mol. The van der Waals surface area contributed by atoms with Crippen molar-refractivity contribution in [1.29, 1.82) is 0 Å². The van der Waals surface area contributed by atoms with Gasteiger partial charge in [-0.25, -0.2) is 14.8 Å². The van der Waals surface area contributed by atoms with E-state index in [2.05, 4.69) is 75.1 Å². The molecule has 2 aliphatic heterocycles. The summed E-state index contributed by atoms with van der Waals surface area (Å²) in [6, 6.07) is 12.6. The Morgan fingerprint density at radius 3 is 2.38 bits per heavy atom. The van der Waals surface area contributed by atoms with Crippen LogP contribution in [0.15, 0.2) is 58.7 Å². The highest BCUT2D eigenvalue weighted by Gasteiger charge is 2.47. The summed E-state index contributed by atoms with van der Waals surface area (Å²) in [5, 5.41) is 1.75. The van der Waals surface area contributed by atoms with Crippen molar-refractivity contribution >= 4 is 73.1 Å². The van der Waals surface area contributed by atoms with E-state index >= 15 is 0 Å². The molecule has 2 aliphatic rings. The van der Waals surface area contributed by atoms with Crippen LogP contribution < -0.4 is 9.64 Å².